The molecule has 1 aromatic heterocycles. The molecule has 0 aliphatic heterocycles. The third kappa shape index (κ3) is 10.4. The van der Waals surface area contributed by atoms with E-state index >= 15 is 0 Å². The summed E-state index contributed by atoms with van der Waals surface area (Å²) in [7, 11) is 1.73. The maximum absolute atomic E-state index is 11.6. The molecule has 1 amide bonds. The zero-order valence-electron chi connectivity index (χ0n) is 18.0. The Morgan fingerprint density at radius 3 is 2.57 bits per heavy atom. The van der Waals surface area contributed by atoms with Gasteiger partial charge in [0.05, 0.1) is 6.54 Å². The van der Waals surface area contributed by atoms with Crippen molar-refractivity contribution >= 4 is 36.0 Å². The molecule has 0 unspecified atom stereocenters. The van der Waals surface area contributed by atoms with E-state index in [4.69, 9.17) is 4.74 Å². The molecule has 1 aromatic carbocycles. The molecule has 2 aromatic rings. The Morgan fingerprint density at radius 2 is 1.90 bits per heavy atom. The highest BCUT2D eigenvalue weighted by Gasteiger charge is 2.15. The predicted octanol–water partition coefficient (Wildman–Crippen LogP) is 2.52. The molecular weight excluding hydrogens is 497 g/mol. The highest BCUT2D eigenvalue weighted by molar-refractivity contribution is 14.0. The SMILES string of the molecule is CN=C(NCCCNC(=O)OC(C)(C)C)NCc1cccc(Cn2cncn2)c1.I. The molecule has 0 radical (unpaired) electrons. The molecule has 0 aliphatic rings. The third-order valence-electron chi connectivity index (χ3n) is 3.80. The second-order valence-corrected chi connectivity index (χ2v) is 7.55. The number of hydrogen-bond acceptors (Lipinski definition) is 5. The van der Waals surface area contributed by atoms with Crippen molar-refractivity contribution in [2.45, 2.75) is 45.9 Å². The zero-order valence-corrected chi connectivity index (χ0v) is 20.3. The Bertz CT molecular complexity index is 789. The van der Waals surface area contributed by atoms with Gasteiger partial charge in [0.2, 0.25) is 0 Å². The molecule has 9 nitrogen and oxygen atoms in total. The maximum atomic E-state index is 11.6. The number of carbonyl (C=O) groups is 1. The quantitative estimate of drug-likeness (QED) is 0.210. The normalized spacial score (nSPS) is 11.4. The van der Waals surface area contributed by atoms with Crippen molar-refractivity contribution in [2.75, 3.05) is 20.1 Å². The van der Waals surface area contributed by atoms with Crippen LogP contribution in [0.2, 0.25) is 0 Å². The lowest BCUT2D eigenvalue weighted by molar-refractivity contribution is 0.0527. The van der Waals surface area contributed by atoms with Crippen molar-refractivity contribution in [3.63, 3.8) is 0 Å². The van der Waals surface area contributed by atoms with E-state index in [1.54, 1.807) is 18.1 Å². The van der Waals surface area contributed by atoms with Crippen molar-refractivity contribution in [3.8, 4) is 0 Å². The first kappa shape index (κ1) is 25.7. The number of amides is 1. The molecule has 0 fully saturated rings. The number of carbonyl (C=O) groups excluding carboxylic acids is 1. The van der Waals surface area contributed by atoms with Gasteiger partial charge in [-0.2, -0.15) is 5.10 Å². The number of benzene rings is 1. The minimum absolute atomic E-state index is 0. The summed E-state index contributed by atoms with van der Waals surface area (Å²) in [4.78, 5) is 19.8. The van der Waals surface area contributed by atoms with Gasteiger partial charge >= 0.3 is 6.09 Å². The number of hydrogen-bond donors (Lipinski definition) is 3. The largest absolute Gasteiger partial charge is 0.444 e. The molecule has 0 saturated carbocycles. The van der Waals surface area contributed by atoms with Gasteiger partial charge in [0.15, 0.2) is 5.96 Å². The second-order valence-electron chi connectivity index (χ2n) is 7.55. The van der Waals surface area contributed by atoms with Crippen molar-refractivity contribution < 1.29 is 9.53 Å². The summed E-state index contributed by atoms with van der Waals surface area (Å²) in [5.41, 5.74) is 1.82. The Hall–Kier alpha value is -2.37. The van der Waals surface area contributed by atoms with Gasteiger partial charge in [-0.25, -0.2) is 14.5 Å². The van der Waals surface area contributed by atoms with E-state index in [1.165, 1.54) is 6.33 Å². The van der Waals surface area contributed by atoms with Gasteiger partial charge in [-0.05, 0) is 38.3 Å². The van der Waals surface area contributed by atoms with Crippen LogP contribution in [0.3, 0.4) is 0 Å². The van der Waals surface area contributed by atoms with Crippen molar-refractivity contribution in [3.05, 3.63) is 48.0 Å². The molecule has 166 valence electrons. The highest BCUT2D eigenvalue weighted by Crippen LogP contribution is 2.07. The van der Waals surface area contributed by atoms with Crippen molar-refractivity contribution in [1.82, 2.24) is 30.7 Å². The molecule has 10 heteroatoms. The third-order valence-corrected chi connectivity index (χ3v) is 3.80. The summed E-state index contributed by atoms with van der Waals surface area (Å²) in [6.45, 7) is 8.08. The average Bonchev–Trinajstić information content (AvgIpc) is 3.16. The van der Waals surface area contributed by atoms with E-state index in [9.17, 15) is 4.79 Å². The number of rotatable bonds is 8. The van der Waals surface area contributed by atoms with Gasteiger partial charge in [-0.3, -0.25) is 4.99 Å². The number of halogens is 1. The van der Waals surface area contributed by atoms with Gasteiger partial charge in [0.1, 0.15) is 18.3 Å². The van der Waals surface area contributed by atoms with Gasteiger partial charge in [0, 0.05) is 26.7 Å². The number of guanidine groups is 1. The van der Waals surface area contributed by atoms with E-state index < -0.39 is 11.7 Å². The number of alkyl carbamates (subject to hydrolysis) is 1. The van der Waals surface area contributed by atoms with Crippen LogP contribution in [-0.4, -0.2) is 52.6 Å². The molecule has 0 spiro atoms. The lowest BCUT2D eigenvalue weighted by atomic mass is 10.1. The van der Waals surface area contributed by atoms with E-state index in [-0.39, 0.29) is 24.0 Å². The van der Waals surface area contributed by atoms with E-state index in [0.29, 0.717) is 32.1 Å². The Balaban J connectivity index is 0.00000450. The Kier molecular flexibility index (Phi) is 11.2. The second kappa shape index (κ2) is 13.0. The smallest absolute Gasteiger partial charge is 0.407 e. The van der Waals surface area contributed by atoms with Gasteiger partial charge in [-0.15, -0.1) is 24.0 Å². The fourth-order valence-corrected chi connectivity index (χ4v) is 2.55. The zero-order chi connectivity index (χ0) is 21.1. The molecular formula is C20H32IN7O2. The lowest BCUT2D eigenvalue weighted by Crippen LogP contribution is -2.39. The minimum Gasteiger partial charge on any atom is -0.444 e. The molecule has 0 bridgehead atoms. The van der Waals surface area contributed by atoms with Gasteiger partial charge < -0.3 is 20.7 Å². The Labute approximate surface area is 195 Å². The molecule has 0 atom stereocenters. The van der Waals surface area contributed by atoms with Crippen LogP contribution in [0.1, 0.15) is 38.3 Å². The van der Waals surface area contributed by atoms with E-state index in [1.807, 2.05) is 26.8 Å². The molecule has 0 saturated heterocycles. The first-order valence-corrected chi connectivity index (χ1v) is 9.67. The standard InChI is InChI=1S/C20H31N7O2.HI/c1-20(2,3)29-19(28)24-10-6-9-23-18(21-4)25-12-16-7-5-8-17(11-16)13-27-15-22-14-26-27;/h5,7-8,11,14-15H,6,9-10,12-13H2,1-4H3,(H,24,28)(H2,21,23,25);1H. The summed E-state index contributed by atoms with van der Waals surface area (Å²) in [5.74, 6) is 0.712. The fraction of sp³-hybridized carbons (Fsp3) is 0.500. The van der Waals surface area contributed by atoms with Crippen LogP contribution in [0, 0.1) is 0 Å². The first-order chi connectivity index (χ1) is 13.9. The summed E-state index contributed by atoms with van der Waals surface area (Å²) < 4.78 is 6.99. The first-order valence-electron chi connectivity index (χ1n) is 9.67. The maximum Gasteiger partial charge on any atom is 0.407 e. The highest BCUT2D eigenvalue weighted by atomic mass is 127. The van der Waals surface area contributed by atoms with Crippen LogP contribution >= 0.6 is 24.0 Å². The van der Waals surface area contributed by atoms with E-state index in [2.05, 4.69) is 49.2 Å². The van der Waals surface area contributed by atoms with Crippen LogP contribution in [0.25, 0.3) is 0 Å². The number of nitrogens with one attached hydrogen (secondary N) is 3. The molecule has 2 rings (SSSR count). The lowest BCUT2D eigenvalue weighted by Gasteiger charge is -2.19. The van der Waals surface area contributed by atoms with E-state index in [0.717, 1.165) is 17.5 Å². The minimum atomic E-state index is -0.485. The van der Waals surface area contributed by atoms with Crippen LogP contribution in [0.15, 0.2) is 41.9 Å². The fourth-order valence-electron chi connectivity index (χ4n) is 2.55. The van der Waals surface area contributed by atoms with Crippen LogP contribution in [-0.2, 0) is 17.8 Å². The van der Waals surface area contributed by atoms with Crippen LogP contribution < -0.4 is 16.0 Å². The summed E-state index contributed by atoms with van der Waals surface area (Å²) >= 11 is 0. The number of aromatic nitrogens is 3. The monoisotopic (exact) mass is 529 g/mol. The average molecular weight is 529 g/mol. The van der Waals surface area contributed by atoms with Gasteiger partial charge in [0.25, 0.3) is 0 Å². The summed E-state index contributed by atoms with van der Waals surface area (Å²) in [6, 6.07) is 8.29. The molecule has 3 N–H and O–H groups in total. The number of nitrogens with zero attached hydrogens (tertiary/aromatic N) is 4. The molecule has 1 heterocycles. The van der Waals surface area contributed by atoms with Crippen LogP contribution in [0.5, 0.6) is 0 Å². The Morgan fingerprint density at radius 1 is 1.17 bits per heavy atom. The summed E-state index contributed by atoms with van der Waals surface area (Å²) in [6.07, 6.45) is 3.59. The number of aliphatic imine (C=N–C) groups is 1. The van der Waals surface area contributed by atoms with Crippen molar-refractivity contribution in [1.29, 1.82) is 0 Å². The topological polar surface area (TPSA) is 105 Å². The predicted molar refractivity (Wildman–Crippen MR) is 128 cm³/mol. The van der Waals surface area contributed by atoms with Gasteiger partial charge in [-0.1, -0.05) is 24.3 Å². The van der Waals surface area contributed by atoms with Crippen LogP contribution in [0.4, 0.5) is 4.79 Å². The molecule has 30 heavy (non-hydrogen) atoms. The van der Waals surface area contributed by atoms with Crippen molar-refractivity contribution in [2.24, 2.45) is 4.99 Å². The molecule has 0 aliphatic carbocycles. The number of ether oxygens (including phenoxy) is 1. The summed E-state index contributed by atoms with van der Waals surface area (Å²) in [5, 5.41) is 13.4.